The van der Waals surface area contributed by atoms with Crippen LogP contribution >= 0.6 is 0 Å². The molecule has 0 spiro atoms. The van der Waals surface area contributed by atoms with Gasteiger partial charge in [0.15, 0.2) is 12.0 Å². The lowest BCUT2D eigenvalue weighted by Gasteiger charge is -2.05. The first-order chi connectivity index (χ1) is 11.7. The summed E-state index contributed by atoms with van der Waals surface area (Å²) in [6.45, 7) is 1.46. The highest BCUT2D eigenvalue weighted by molar-refractivity contribution is 5.48. The molecule has 0 fully saturated rings. The number of hydrogen-bond acceptors (Lipinski definition) is 7. The van der Waals surface area contributed by atoms with Gasteiger partial charge in [0, 0.05) is 12.4 Å². The lowest BCUT2D eigenvalue weighted by molar-refractivity contribution is 0.295. The number of hydrogen-bond donors (Lipinski definition) is 0. The van der Waals surface area contributed by atoms with Gasteiger partial charge in [-0.15, -0.1) is 10.2 Å². The maximum absolute atomic E-state index is 13.1. The second-order valence-electron chi connectivity index (χ2n) is 4.88. The lowest BCUT2D eigenvalue weighted by Crippen LogP contribution is -2.01. The van der Waals surface area contributed by atoms with Gasteiger partial charge < -0.3 is 9.15 Å². The predicted octanol–water partition coefficient (Wildman–Crippen LogP) is 3.01. The normalized spacial score (nSPS) is 11.7. The predicted molar refractivity (Wildman–Crippen MR) is 80.3 cm³/mol. The minimum absolute atomic E-state index is 0.0882. The van der Waals surface area contributed by atoms with E-state index >= 15 is 0 Å². The Kier molecular flexibility index (Phi) is 4.43. The lowest BCUT2D eigenvalue weighted by atomic mass is 10.2. The van der Waals surface area contributed by atoms with E-state index in [4.69, 9.17) is 14.4 Å². The van der Waals surface area contributed by atoms with Crippen LogP contribution in [0.15, 0.2) is 41.1 Å². The molecule has 2 aromatic heterocycles. The van der Waals surface area contributed by atoms with Gasteiger partial charge in [0.05, 0.1) is 17.2 Å². The van der Waals surface area contributed by atoms with E-state index in [-0.39, 0.29) is 18.4 Å². The molecule has 3 rings (SSSR count). The number of benzene rings is 1. The van der Waals surface area contributed by atoms with Crippen LogP contribution in [0.4, 0.5) is 4.39 Å². The quantitative estimate of drug-likeness (QED) is 0.711. The van der Waals surface area contributed by atoms with Crippen molar-refractivity contribution < 1.29 is 13.5 Å². The van der Waals surface area contributed by atoms with Gasteiger partial charge in [-0.25, -0.2) is 14.4 Å². The molecule has 120 valence electrons. The van der Waals surface area contributed by atoms with E-state index in [0.717, 1.165) is 0 Å². The summed E-state index contributed by atoms with van der Waals surface area (Å²) in [7, 11) is 0. The largest absolute Gasteiger partial charge is 0.486 e. The van der Waals surface area contributed by atoms with Crippen molar-refractivity contribution in [1.29, 1.82) is 5.26 Å². The van der Waals surface area contributed by atoms with Crippen LogP contribution in [-0.2, 0) is 6.61 Å². The van der Waals surface area contributed by atoms with Crippen molar-refractivity contribution in [2.75, 3.05) is 0 Å². The van der Waals surface area contributed by atoms with Crippen LogP contribution in [0.1, 0.15) is 30.4 Å². The highest BCUT2D eigenvalue weighted by atomic mass is 19.1. The van der Waals surface area contributed by atoms with Crippen LogP contribution in [0.3, 0.4) is 0 Å². The molecule has 8 heteroatoms. The van der Waals surface area contributed by atoms with Crippen molar-refractivity contribution in [3.63, 3.8) is 0 Å². The Morgan fingerprint density at radius 3 is 2.75 bits per heavy atom. The zero-order valence-corrected chi connectivity index (χ0v) is 12.7. The SMILES string of the molecule is CC(F)c1nnc(-c2cnc(COc3cccc(C#N)c3)nc2)o1. The Labute approximate surface area is 136 Å². The number of nitriles is 1. The number of rotatable bonds is 5. The van der Waals surface area contributed by atoms with Gasteiger partial charge in [0.1, 0.15) is 12.4 Å². The fourth-order valence-corrected chi connectivity index (χ4v) is 1.86. The molecule has 0 saturated heterocycles. The zero-order chi connectivity index (χ0) is 16.9. The van der Waals surface area contributed by atoms with Crippen molar-refractivity contribution in [3.05, 3.63) is 53.9 Å². The van der Waals surface area contributed by atoms with Crippen molar-refractivity contribution in [1.82, 2.24) is 20.2 Å². The Morgan fingerprint density at radius 1 is 1.29 bits per heavy atom. The summed E-state index contributed by atoms with van der Waals surface area (Å²) in [5, 5.41) is 16.2. The standard InChI is InChI=1S/C16H12FN5O2/c1-10(17)15-21-22-16(24-15)12-7-19-14(20-8-12)9-23-13-4-2-3-11(5-13)6-18/h2-5,7-8,10H,9H2,1H3. The molecule has 3 aromatic rings. The molecule has 0 bridgehead atoms. The molecule has 24 heavy (non-hydrogen) atoms. The fourth-order valence-electron chi connectivity index (χ4n) is 1.86. The van der Waals surface area contributed by atoms with Gasteiger partial charge in [-0.1, -0.05) is 6.07 Å². The fraction of sp³-hybridized carbons (Fsp3) is 0.188. The summed E-state index contributed by atoms with van der Waals surface area (Å²) in [6.07, 6.45) is 1.67. The van der Waals surface area contributed by atoms with E-state index in [2.05, 4.69) is 20.2 Å². The number of halogens is 1. The summed E-state index contributed by atoms with van der Waals surface area (Å²) < 4.78 is 23.8. The van der Waals surface area contributed by atoms with E-state index in [0.29, 0.717) is 22.7 Å². The van der Waals surface area contributed by atoms with Crippen LogP contribution in [-0.4, -0.2) is 20.2 Å². The zero-order valence-electron chi connectivity index (χ0n) is 12.7. The van der Waals surface area contributed by atoms with Gasteiger partial charge in [0.2, 0.25) is 0 Å². The number of aromatic nitrogens is 4. The maximum atomic E-state index is 13.1. The molecular formula is C16H12FN5O2. The monoisotopic (exact) mass is 325 g/mol. The van der Waals surface area contributed by atoms with E-state index in [1.165, 1.54) is 19.3 Å². The molecular weight excluding hydrogens is 313 g/mol. The topological polar surface area (TPSA) is 97.7 Å². The Hall–Kier alpha value is -3.34. The number of alkyl halides is 1. The van der Waals surface area contributed by atoms with Crippen molar-refractivity contribution in [2.24, 2.45) is 0 Å². The summed E-state index contributed by atoms with van der Waals surface area (Å²) in [6, 6.07) is 8.84. The highest BCUT2D eigenvalue weighted by Crippen LogP contribution is 2.21. The molecule has 1 unspecified atom stereocenters. The molecule has 0 aliphatic rings. The van der Waals surface area contributed by atoms with Crippen LogP contribution in [0, 0.1) is 11.3 Å². The highest BCUT2D eigenvalue weighted by Gasteiger charge is 2.14. The Bertz CT molecular complexity index is 871. The van der Waals surface area contributed by atoms with E-state index in [1.807, 2.05) is 6.07 Å². The summed E-state index contributed by atoms with van der Waals surface area (Å²) in [5.74, 6) is 1.07. The van der Waals surface area contributed by atoms with Gasteiger partial charge in [-0.05, 0) is 25.1 Å². The van der Waals surface area contributed by atoms with Crippen molar-refractivity contribution in [2.45, 2.75) is 19.7 Å². The minimum Gasteiger partial charge on any atom is -0.486 e. The van der Waals surface area contributed by atoms with E-state index < -0.39 is 6.17 Å². The third kappa shape index (κ3) is 3.52. The number of nitrogens with zero attached hydrogens (tertiary/aromatic N) is 5. The molecule has 0 radical (unpaired) electrons. The maximum Gasteiger partial charge on any atom is 0.251 e. The third-order valence-electron chi connectivity index (χ3n) is 3.06. The van der Waals surface area contributed by atoms with Gasteiger partial charge in [-0.2, -0.15) is 5.26 Å². The van der Waals surface area contributed by atoms with Crippen LogP contribution in [0.25, 0.3) is 11.5 Å². The molecule has 0 N–H and O–H groups in total. The molecule has 0 amide bonds. The first kappa shape index (κ1) is 15.6. The van der Waals surface area contributed by atoms with Gasteiger partial charge in [0.25, 0.3) is 11.8 Å². The average molecular weight is 325 g/mol. The molecule has 7 nitrogen and oxygen atoms in total. The average Bonchev–Trinajstić information content (AvgIpc) is 3.11. The second kappa shape index (κ2) is 6.83. The smallest absolute Gasteiger partial charge is 0.251 e. The second-order valence-corrected chi connectivity index (χ2v) is 4.88. The molecule has 0 aliphatic carbocycles. The molecule has 1 aromatic carbocycles. The summed E-state index contributed by atoms with van der Waals surface area (Å²) in [4.78, 5) is 8.29. The summed E-state index contributed by atoms with van der Waals surface area (Å²) in [5.41, 5.74) is 1.00. The molecule has 1 atom stereocenters. The first-order valence-corrected chi connectivity index (χ1v) is 7.07. The van der Waals surface area contributed by atoms with Crippen molar-refractivity contribution in [3.8, 4) is 23.3 Å². The Balaban J connectivity index is 1.67. The third-order valence-corrected chi connectivity index (χ3v) is 3.06. The molecule has 0 aliphatic heterocycles. The molecule has 0 saturated carbocycles. The van der Waals surface area contributed by atoms with Crippen LogP contribution < -0.4 is 4.74 Å². The van der Waals surface area contributed by atoms with Crippen LogP contribution in [0.5, 0.6) is 5.75 Å². The van der Waals surface area contributed by atoms with Crippen molar-refractivity contribution >= 4 is 0 Å². The number of ether oxygens (including phenoxy) is 1. The van der Waals surface area contributed by atoms with Gasteiger partial charge >= 0.3 is 0 Å². The Morgan fingerprint density at radius 2 is 2.08 bits per heavy atom. The minimum atomic E-state index is -1.33. The molecule has 2 heterocycles. The summed E-state index contributed by atoms with van der Waals surface area (Å²) >= 11 is 0. The van der Waals surface area contributed by atoms with E-state index in [1.54, 1.807) is 24.3 Å². The first-order valence-electron chi connectivity index (χ1n) is 7.07. The van der Waals surface area contributed by atoms with E-state index in [9.17, 15) is 4.39 Å². The van der Waals surface area contributed by atoms with Crippen LogP contribution in [0.2, 0.25) is 0 Å². The van der Waals surface area contributed by atoms with Gasteiger partial charge in [-0.3, -0.25) is 0 Å².